The first-order valence-electron chi connectivity index (χ1n) is 8.77. The number of rotatable bonds is 6. The highest BCUT2D eigenvalue weighted by Gasteiger charge is 2.29. The van der Waals surface area contributed by atoms with Crippen LogP contribution in [0.25, 0.3) is 0 Å². The molecule has 2 unspecified atom stereocenters. The van der Waals surface area contributed by atoms with Gasteiger partial charge in [-0.15, -0.1) is 0 Å². The molecular formula is C20H24N2O3. The SMILES string of the molecule is COc1ncccc1C1CCCCC1COc1ccc(C)nc1C=O. The maximum absolute atomic E-state index is 11.2. The third-order valence-electron chi connectivity index (χ3n) is 4.89. The number of ether oxygens (including phenoxy) is 2. The molecular weight excluding hydrogens is 316 g/mol. The average molecular weight is 340 g/mol. The molecule has 0 radical (unpaired) electrons. The Labute approximate surface area is 148 Å². The Kier molecular flexibility index (Phi) is 5.64. The number of aryl methyl sites for hydroxylation is 1. The van der Waals surface area contributed by atoms with Gasteiger partial charge >= 0.3 is 0 Å². The van der Waals surface area contributed by atoms with Gasteiger partial charge in [0.05, 0.1) is 13.7 Å². The van der Waals surface area contributed by atoms with E-state index in [1.54, 1.807) is 13.3 Å². The van der Waals surface area contributed by atoms with Crippen molar-refractivity contribution in [3.63, 3.8) is 0 Å². The van der Waals surface area contributed by atoms with Crippen molar-refractivity contribution < 1.29 is 14.3 Å². The first kappa shape index (κ1) is 17.4. The molecule has 25 heavy (non-hydrogen) atoms. The van der Waals surface area contributed by atoms with Crippen molar-refractivity contribution in [2.45, 2.75) is 38.5 Å². The Morgan fingerprint density at radius 1 is 1.24 bits per heavy atom. The van der Waals surface area contributed by atoms with Gasteiger partial charge in [-0.05, 0) is 43.9 Å². The second kappa shape index (κ2) is 8.10. The van der Waals surface area contributed by atoms with Gasteiger partial charge in [0.25, 0.3) is 0 Å². The zero-order valence-electron chi connectivity index (χ0n) is 14.8. The topological polar surface area (TPSA) is 61.3 Å². The number of methoxy groups -OCH3 is 1. The Bertz CT molecular complexity index is 733. The minimum Gasteiger partial charge on any atom is -0.491 e. The molecule has 1 aliphatic carbocycles. The normalized spacial score (nSPS) is 20.1. The maximum atomic E-state index is 11.2. The Morgan fingerprint density at radius 3 is 2.88 bits per heavy atom. The van der Waals surface area contributed by atoms with E-state index in [2.05, 4.69) is 16.0 Å². The summed E-state index contributed by atoms with van der Waals surface area (Å²) in [6, 6.07) is 7.75. The molecule has 0 amide bonds. The van der Waals surface area contributed by atoms with Crippen LogP contribution in [0.3, 0.4) is 0 Å². The fourth-order valence-electron chi connectivity index (χ4n) is 3.64. The molecule has 1 saturated carbocycles. The summed E-state index contributed by atoms with van der Waals surface area (Å²) in [5.41, 5.74) is 2.33. The van der Waals surface area contributed by atoms with Crippen molar-refractivity contribution in [2.75, 3.05) is 13.7 Å². The average Bonchev–Trinajstić information content (AvgIpc) is 2.67. The second-order valence-electron chi connectivity index (χ2n) is 6.52. The second-order valence-corrected chi connectivity index (χ2v) is 6.52. The van der Waals surface area contributed by atoms with Gasteiger partial charge < -0.3 is 9.47 Å². The number of nitrogens with zero attached hydrogens (tertiary/aromatic N) is 2. The summed E-state index contributed by atoms with van der Waals surface area (Å²) in [6.45, 7) is 2.43. The fraction of sp³-hybridized carbons (Fsp3) is 0.450. The van der Waals surface area contributed by atoms with E-state index in [0.717, 1.165) is 30.4 Å². The smallest absolute Gasteiger partial charge is 0.216 e. The number of hydrogen-bond donors (Lipinski definition) is 0. The van der Waals surface area contributed by atoms with Crippen LogP contribution < -0.4 is 9.47 Å². The highest BCUT2D eigenvalue weighted by Crippen LogP contribution is 2.41. The van der Waals surface area contributed by atoms with Gasteiger partial charge in [0.1, 0.15) is 11.4 Å². The highest BCUT2D eigenvalue weighted by atomic mass is 16.5. The zero-order valence-corrected chi connectivity index (χ0v) is 14.8. The number of hydrogen-bond acceptors (Lipinski definition) is 5. The van der Waals surface area contributed by atoms with Crippen molar-refractivity contribution in [2.24, 2.45) is 5.92 Å². The number of carbonyl (C=O) groups excluding carboxylic acids is 1. The Balaban J connectivity index is 1.77. The van der Waals surface area contributed by atoms with Crippen molar-refractivity contribution >= 4 is 6.29 Å². The monoisotopic (exact) mass is 340 g/mol. The standard InChI is InChI=1S/C20H24N2O3/c1-14-9-10-19(18(12-23)22-14)25-13-15-6-3-4-7-16(15)17-8-5-11-21-20(17)24-2/h5,8-12,15-16H,3-4,6-7,13H2,1-2H3. The van der Waals surface area contributed by atoms with Crippen LogP contribution >= 0.6 is 0 Å². The molecule has 0 N–H and O–H groups in total. The Morgan fingerprint density at radius 2 is 2.08 bits per heavy atom. The van der Waals surface area contributed by atoms with Gasteiger partial charge in [-0.2, -0.15) is 0 Å². The highest BCUT2D eigenvalue weighted by molar-refractivity contribution is 5.76. The minimum absolute atomic E-state index is 0.357. The van der Waals surface area contributed by atoms with E-state index >= 15 is 0 Å². The predicted molar refractivity (Wildman–Crippen MR) is 95.3 cm³/mol. The van der Waals surface area contributed by atoms with Gasteiger partial charge in [0.2, 0.25) is 5.88 Å². The number of aromatic nitrogens is 2. The molecule has 2 aromatic heterocycles. The van der Waals surface area contributed by atoms with E-state index in [0.29, 0.717) is 35.8 Å². The molecule has 0 aromatic carbocycles. The molecule has 0 saturated heterocycles. The molecule has 0 aliphatic heterocycles. The fourth-order valence-corrected chi connectivity index (χ4v) is 3.64. The molecule has 2 atom stereocenters. The van der Waals surface area contributed by atoms with Crippen LogP contribution in [-0.2, 0) is 0 Å². The molecule has 2 aromatic rings. The van der Waals surface area contributed by atoms with Crippen LogP contribution in [0.2, 0.25) is 0 Å². The quantitative estimate of drug-likeness (QED) is 0.745. The lowest BCUT2D eigenvalue weighted by Crippen LogP contribution is -2.24. The summed E-state index contributed by atoms with van der Waals surface area (Å²) in [6.07, 6.45) is 7.10. The lowest BCUT2D eigenvalue weighted by atomic mass is 9.76. The predicted octanol–water partition coefficient (Wildman–Crippen LogP) is 3.96. The van der Waals surface area contributed by atoms with Crippen LogP contribution in [0.4, 0.5) is 0 Å². The number of carbonyl (C=O) groups is 1. The van der Waals surface area contributed by atoms with Crippen LogP contribution in [0.5, 0.6) is 11.6 Å². The van der Waals surface area contributed by atoms with E-state index < -0.39 is 0 Å². The summed E-state index contributed by atoms with van der Waals surface area (Å²) < 4.78 is 11.4. The van der Waals surface area contributed by atoms with E-state index in [4.69, 9.17) is 9.47 Å². The third-order valence-corrected chi connectivity index (χ3v) is 4.89. The maximum Gasteiger partial charge on any atom is 0.216 e. The molecule has 132 valence electrons. The first-order valence-corrected chi connectivity index (χ1v) is 8.77. The van der Waals surface area contributed by atoms with Gasteiger partial charge in [0.15, 0.2) is 6.29 Å². The van der Waals surface area contributed by atoms with Crippen molar-refractivity contribution in [1.82, 2.24) is 9.97 Å². The van der Waals surface area contributed by atoms with Crippen LogP contribution in [0, 0.1) is 12.8 Å². The Hall–Kier alpha value is -2.43. The lowest BCUT2D eigenvalue weighted by molar-refractivity contribution is 0.111. The lowest BCUT2D eigenvalue weighted by Gasteiger charge is -2.32. The van der Waals surface area contributed by atoms with E-state index in [9.17, 15) is 4.79 Å². The van der Waals surface area contributed by atoms with Gasteiger partial charge in [0, 0.05) is 23.4 Å². The molecule has 0 spiro atoms. The van der Waals surface area contributed by atoms with Crippen LogP contribution in [0.15, 0.2) is 30.5 Å². The summed E-state index contributed by atoms with van der Waals surface area (Å²) in [5, 5.41) is 0. The van der Waals surface area contributed by atoms with Gasteiger partial charge in [-0.1, -0.05) is 18.9 Å². The molecule has 1 fully saturated rings. The third kappa shape index (κ3) is 3.98. The van der Waals surface area contributed by atoms with Crippen molar-refractivity contribution in [3.05, 3.63) is 47.4 Å². The summed E-state index contributed by atoms with van der Waals surface area (Å²) in [4.78, 5) is 19.8. The van der Waals surface area contributed by atoms with Crippen LogP contribution in [0.1, 0.15) is 53.3 Å². The molecule has 3 rings (SSSR count). The summed E-state index contributed by atoms with van der Waals surface area (Å²) >= 11 is 0. The largest absolute Gasteiger partial charge is 0.491 e. The van der Waals surface area contributed by atoms with E-state index in [1.807, 2.05) is 25.1 Å². The van der Waals surface area contributed by atoms with Gasteiger partial charge in [-0.25, -0.2) is 9.97 Å². The number of pyridine rings is 2. The summed E-state index contributed by atoms with van der Waals surface area (Å²) in [7, 11) is 1.66. The number of aldehydes is 1. The molecule has 5 heteroatoms. The van der Waals surface area contributed by atoms with Crippen LogP contribution in [-0.4, -0.2) is 30.0 Å². The molecule has 5 nitrogen and oxygen atoms in total. The summed E-state index contributed by atoms with van der Waals surface area (Å²) in [5.74, 6) is 1.98. The molecule has 2 heterocycles. The first-order chi connectivity index (χ1) is 12.2. The molecule has 0 bridgehead atoms. The molecule has 1 aliphatic rings. The van der Waals surface area contributed by atoms with Gasteiger partial charge in [-0.3, -0.25) is 4.79 Å². The van der Waals surface area contributed by atoms with E-state index in [1.165, 1.54) is 12.8 Å². The minimum atomic E-state index is 0.357. The van der Waals surface area contributed by atoms with Crippen molar-refractivity contribution in [3.8, 4) is 11.6 Å². The van der Waals surface area contributed by atoms with E-state index in [-0.39, 0.29) is 0 Å². The van der Waals surface area contributed by atoms with Crippen molar-refractivity contribution in [1.29, 1.82) is 0 Å². The zero-order chi connectivity index (χ0) is 17.6.